The van der Waals surface area contributed by atoms with E-state index in [1.54, 1.807) is 12.3 Å². The molecule has 0 fully saturated rings. The molecule has 98 valence electrons. The van der Waals surface area contributed by atoms with Gasteiger partial charge in [-0.05, 0) is 52.7 Å². The summed E-state index contributed by atoms with van der Waals surface area (Å²) in [5.74, 6) is -0.530. The molecule has 0 spiro atoms. The fraction of sp³-hybridized carbons (Fsp3) is 0.0769. The predicted octanol–water partition coefficient (Wildman–Crippen LogP) is 4.20. The highest BCUT2D eigenvalue weighted by molar-refractivity contribution is 9.10. The molecular weight excluding hydrogens is 335 g/mol. The highest BCUT2D eigenvalue weighted by Crippen LogP contribution is 2.19. The molecule has 2 aromatic rings. The van der Waals surface area contributed by atoms with Crippen molar-refractivity contribution in [2.45, 2.75) is 6.92 Å². The van der Waals surface area contributed by atoms with E-state index in [0.29, 0.717) is 5.82 Å². The molecule has 6 heteroatoms. The number of hydrogen-bond acceptors (Lipinski definition) is 2. The molecule has 0 saturated carbocycles. The molecular formula is C13H9BrClFN2O. The van der Waals surface area contributed by atoms with E-state index in [-0.39, 0.29) is 10.6 Å². The molecule has 1 N–H and O–H groups in total. The van der Waals surface area contributed by atoms with E-state index < -0.39 is 11.7 Å². The highest BCUT2D eigenvalue weighted by atomic mass is 79.9. The first kappa shape index (κ1) is 14.0. The van der Waals surface area contributed by atoms with Crippen LogP contribution in [-0.4, -0.2) is 10.9 Å². The van der Waals surface area contributed by atoms with Crippen molar-refractivity contribution in [2.75, 3.05) is 5.32 Å². The minimum Gasteiger partial charge on any atom is -0.307 e. The number of hydrogen-bond donors (Lipinski definition) is 1. The third-order valence-corrected chi connectivity index (χ3v) is 3.59. The van der Waals surface area contributed by atoms with E-state index in [9.17, 15) is 9.18 Å². The van der Waals surface area contributed by atoms with Gasteiger partial charge in [-0.3, -0.25) is 4.79 Å². The first-order valence-corrected chi connectivity index (χ1v) is 6.53. The second-order valence-corrected chi connectivity index (χ2v) is 5.16. The van der Waals surface area contributed by atoms with Crippen molar-refractivity contribution in [3.63, 3.8) is 0 Å². The number of halogens is 3. The Morgan fingerprint density at radius 3 is 2.79 bits per heavy atom. The molecule has 1 amide bonds. The van der Waals surface area contributed by atoms with Crippen LogP contribution in [0.3, 0.4) is 0 Å². The molecule has 2 rings (SSSR count). The maximum atomic E-state index is 13.0. The topological polar surface area (TPSA) is 42.0 Å². The van der Waals surface area contributed by atoms with Gasteiger partial charge < -0.3 is 5.32 Å². The monoisotopic (exact) mass is 342 g/mol. The average Bonchev–Trinajstić information content (AvgIpc) is 2.37. The summed E-state index contributed by atoms with van der Waals surface area (Å²) in [6, 6.07) is 5.52. The summed E-state index contributed by atoms with van der Waals surface area (Å²) >= 11 is 8.95. The number of nitrogens with zero attached hydrogens (tertiary/aromatic N) is 1. The second kappa shape index (κ2) is 5.67. The number of benzene rings is 1. The van der Waals surface area contributed by atoms with Crippen molar-refractivity contribution in [3.05, 3.63) is 56.9 Å². The maximum Gasteiger partial charge on any atom is 0.256 e. The zero-order chi connectivity index (χ0) is 14.0. The van der Waals surface area contributed by atoms with Crippen LogP contribution < -0.4 is 5.32 Å². The van der Waals surface area contributed by atoms with E-state index >= 15 is 0 Å². The summed E-state index contributed by atoms with van der Waals surface area (Å²) in [7, 11) is 0. The van der Waals surface area contributed by atoms with Gasteiger partial charge in [-0.25, -0.2) is 9.37 Å². The largest absolute Gasteiger partial charge is 0.307 e. The van der Waals surface area contributed by atoms with Gasteiger partial charge in [0.05, 0.1) is 5.02 Å². The van der Waals surface area contributed by atoms with Crippen LogP contribution in [0, 0.1) is 12.7 Å². The van der Waals surface area contributed by atoms with Crippen LogP contribution in [0.1, 0.15) is 15.9 Å². The lowest BCUT2D eigenvalue weighted by atomic mass is 10.2. The van der Waals surface area contributed by atoms with Crippen LogP contribution in [-0.2, 0) is 0 Å². The molecule has 0 saturated heterocycles. The van der Waals surface area contributed by atoms with Crippen LogP contribution in [0.2, 0.25) is 5.02 Å². The van der Waals surface area contributed by atoms with Gasteiger partial charge in [0.25, 0.3) is 5.91 Å². The first-order chi connectivity index (χ1) is 8.97. The van der Waals surface area contributed by atoms with Gasteiger partial charge in [-0.1, -0.05) is 11.6 Å². The number of carbonyl (C=O) groups is 1. The van der Waals surface area contributed by atoms with E-state index in [2.05, 4.69) is 26.2 Å². The quantitative estimate of drug-likeness (QED) is 0.888. The van der Waals surface area contributed by atoms with Gasteiger partial charge in [0, 0.05) is 16.2 Å². The van der Waals surface area contributed by atoms with Crippen LogP contribution in [0.5, 0.6) is 0 Å². The predicted molar refractivity (Wildman–Crippen MR) is 76.0 cm³/mol. The Hall–Kier alpha value is -1.46. The third-order valence-electron chi connectivity index (χ3n) is 2.47. The number of nitrogens with one attached hydrogen (secondary N) is 1. The van der Waals surface area contributed by atoms with Gasteiger partial charge in [0.1, 0.15) is 11.6 Å². The Labute approximate surface area is 122 Å². The number of aromatic nitrogens is 1. The zero-order valence-corrected chi connectivity index (χ0v) is 12.2. The van der Waals surface area contributed by atoms with Crippen LogP contribution in [0.4, 0.5) is 10.2 Å². The van der Waals surface area contributed by atoms with E-state index in [1.807, 2.05) is 6.92 Å². The van der Waals surface area contributed by atoms with Crippen molar-refractivity contribution in [2.24, 2.45) is 0 Å². The molecule has 3 nitrogen and oxygen atoms in total. The van der Waals surface area contributed by atoms with Crippen molar-refractivity contribution >= 4 is 39.3 Å². The Kier molecular flexibility index (Phi) is 4.17. The zero-order valence-electron chi connectivity index (χ0n) is 9.88. The van der Waals surface area contributed by atoms with Crippen LogP contribution in [0.15, 0.2) is 34.9 Å². The number of carbonyl (C=O) groups excluding carboxylic acids is 1. The molecule has 0 aliphatic heterocycles. The summed E-state index contributed by atoms with van der Waals surface area (Å²) in [5.41, 5.74) is 1.22. The number of anilines is 1. The van der Waals surface area contributed by atoms with Crippen molar-refractivity contribution in [3.8, 4) is 0 Å². The fourth-order valence-corrected chi connectivity index (χ4v) is 1.83. The molecule has 1 heterocycles. The highest BCUT2D eigenvalue weighted by Gasteiger charge is 2.10. The van der Waals surface area contributed by atoms with Crippen molar-refractivity contribution < 1.29 is 9.18 Å². The second-order valence-electron chi connectivity index (χ2n) is 3.90. The van der Waals surface area contributed by atoms with Crippen molar-refractivity contribution in [1.82, 2.24) is 4.98 Å². The molecule has 0 aliphatic carbocycles. The Morgan fingerprint density at radius 1 is 1.42 bits per heavy atom. The summed E-state index contributed by atoms with van der Waals surface area (Å²) in [6.45, 7) is 1.89. The minimum atomic E-state index is -0.559. The van der Waals surface area contributed by atoms with E-state index in [1.165, 1.54) is 12.1 Å². The number of amides is 1. The van der Waals surface area contributed by atoms with Gasteiger partial charge in [-0.15, -0.1) is 0 Å². The summed E-state index contributed by atoms with van der Waals surface area (Å²) in [6.07, 6.45) is 1.60. The summed E-state index contributed by atoms with van der Waals surface area (Å²) in [4.78, 5) is 16.0. The first-order valence-electron chi connectivity index (χ1n) is 5.36. The maximum absolute atomic E-state index is 13.0. The summed E-state index contributed by atoms with van der Waals surface area (Å²) < 4.78 is 13.9. The van der Waals surface area contributed by atoms with Gasteiger partial charge in [-0.2, -0.15) is 0 Å². The number of rotatable bonds is 2. The molecule has 0 aliphatic rings. The fourth-order valence-electron chi connectivity index (χ4n) is 1.43. The molecule has 0 unspecified atom stereocenters. The molecule has 19 heavy (non-hydrogen) atoms. The summed E-state index contributed by atoms with van der Waals surface area (Å²) in [5, 5.41) is 2.53. The lowest BCUT2D eigenvalue weighted by molar-refractivity contribution is 0.102. The van der Waals surface area contributed by atoms with Crippen LogP contribution in [0.25, 0.3) is 0 Å². The normalized spacial score (nSPS) is 10.3. The lowest BCUT2D eigenvalue weighted by Gasteiger charge is -2.06. The molecule has 0 radical (unpaired) electrons. The standard InChI is InChI=1S/C13H9BrClFN2O/c1-7-4-12(17-6-9(7)14)18-13(19)8-2-3-11(16)10(15)5-8/h2-6H,1H3,(H,17,18,19). The molecule has 1 aromatic carbocycles. The van der Waals surface area contributed by atoms with Crippen LogP contribution >= 0.6 is 27.5 Å². The lowest BCUT2D eigenvalue weighted by Crippen LogP contribution is -2.13. The average molecular weight is 344 g/mol. The van der Waals surface area contributed by atoms with Gasteiger partial charge in [0.15, 0.2) is 0 Å². The van der Waals surface area contributed by atoms with E-state index in [0.717, 1.165) is 16.1 Å². The third kappa shape index (κ3) is 3.30. The minimum absolute atomic E-state index is 0.0902. The Morgan fingerprint density at radius 2 is 2.16 bits per heavy atom. The van der Waals surface area contributed by atoms with Crippen molar-refractivity contribution in [1.29, 1.82) is 0 Å². The number of pyridine rings is 1. The smallest absolute Gasteiger partial charge is 0.256 e. The number of aryl methyl sites for hydroxylation is 1. The van der Waals surface area contributed by atoms with Gasteiger partial charge >= 0.3 is 0 Å². The Bertz CT molecular complexity index is 649. The molecule has 0 bridgehead atoms. The van der Waals surface area contributed by atoms with E-state index in [4.69, 9.17) is 11.6 Å². The molecule has 0 atom stereocenters. The molecule has 1 aromatic heterocycles. The SMILES string of the molecule is Cc1cc(NC(=O)c2ccc(F)c(Cl)c2)ncc1Br. The van der Waals surface area contributed by atoms with Gasteiger partial charge in [0.2, 0.25) is 0 Å². The Balaban J connectivity index is 2.20.